The lowest BCUT2D eigenvalue weighted by atomic mass is 10.1. The molecule has 0 radical (unpaired) electrons. The fraction of sp³-hybridized carbons (Fsp3) is 0.938. The Hall–Kier alpha value is -0.610. The summed E-state index contributed by atoms with van der Waals surface area (Å²) >= 11 is 0. The standard InChI is InChI=1S/C16H32N2O2/c1-14(2)5-7-18(8-6-15(3)4)16(19)13-17-9-11-20-12-10-17/h14-15H,5-13H2,1-4H3. The molecule has 1 fully saturated rings. The van der Waals surface area contributed by atoms with Crippen LogP contribution in [-0.4, -0.2) is 61.6 Å². The highest BCUT2D eigenvalue weighted by molar-refractivity contribution is 5.78. The molecule has 1 aliphatic rings. The highest BCUT2D eigenvalue weighted by atomic mass is 16.5. The molecule has 0 aromatic heterocycles. The van der Waals surface area contributed by atoms with Crippen LogP contribution < -0.4 is 0 Å². The van der Waals surface area contributed by atoms with Gasteiger partial charge in [0.1, 0.15) is 0 Å². The predicted molar refractivity (Wildman–Crippen MR) is 82.7 cm³/mol. The van der Waals surface area contributed by atoms with Crippen molar-refractivity contribution in [2.75, 3.05) is 45.9 Å². The summed E-state index contributed by atoms with van der Waals surface area (Å²) in [6.45, 7) is 14.5. The first kappa shape index (κ1) is 17.4. The van der Waals surface area contributed by atoms with E-state index < -0.39 is 0 Å². The molecule has 0 bridgehead atoms. The zero-order chi connectivity index (χ0) is 15.0. The number of hydrogen-bond donors (Lipinski definition) is 0. The van der Waals surface area contributed by atoms with E-state index in [1.165, 1.54) is 0 Å². The topological polar surface area (TPSA) is 32.8 Å². The van der Waals surface area contributed by atoms with Gasteiger partial charge >= 0.3 is 0 Å². The molecule has 20 heavy (non-hydrogen) atoms. The van der Waals surface area contributed by atoms with Crippen molar-refractivity contribution < 1.29 is 9.53 Å². The molecule has 0 N–H and O–H groups in total. The fourth-order valence-electron chi connectivity index (χ4n) is 2.24. The second-order valence-electron chi connectivity index (χ2n) is 6.63. The van der Waals surface area contributed by atoms with E-state index in [4.69, 9.17) is 4.74 Å². The lowest BCUT2D eigenvalue weighted by Gasteiger charge is -2.30. The number of rotatable bonds is 8. The van der Waals surface area contributed by atoms with Crippen molar-refractivity contribution in [2.45, 2.75) is 40.5 Å². The summed E-state index contributed by atoms with van der Waals surface area (Å²) in [6.07, 6.45) is 2.18. The SMILES string of the molecule is CC(C)CCN(CCC(C)C)C(=O)CN1CCOCC1. The third kappa shape index (κ3) is 7.25. The summed E-state index contributed by atoms with van der Waals surface area (Å²) in [4.78, 5) is 16.8. The maximum Gasteiger partial charge on any atom is 0.236 e. The third-order valence-corrected chi connectivity index (χ3v) is 3.77. The number of carbonyl (C=O) groups is 1. The van der Waals surface area contributed by atoms with Crippen LogP contribution in [-0.2, 0) is 9.53 Å². The maximum absolute atomic E-state index is 12.5. The molecule has 4 nitrogen and oxygen atoms in total. The van der Waals surface area contributed by atoms with E-state index >= 15 is 0 Å². The molecule has 1 saturated heterocycles. The van der Waals surface area contributed by atoms with Gasteiger partial charge in [-0.25, -0.2) is 0 Å². The number of hydrogen-bond acceptors (Lipinski definition) is 3. The van der Waals surface area contributed by atoms with Crippen molar-refractivity contribution in [1.29, 1.82) is 0 Å². The number of carbonyl (C=O) groups excluding carboxylic acids is 1. The summed E-state index contributed by atoms with van der Waals surface area (Å²) in [5, 5.41) is 0. The highest BCUT2D eigenvalue weighted by Gasteiger charge is 2.19. The Morgan fingerprint density at radius 3 is 2.00 bits per heavy atom. The van der Waals surface area contributed by atoms with Crippen molar-refractivity contribution in [3.63, 3.8) is 0 Å². The molecule has 0 aromatic rings. The van der Waals surface area contributed by atoms with Gasteiger partial charge in [0, 0.05) is 26.2 Å². The Balaban J connectivity index is 2.43. The van der Waals surface area contributed by atoms with Crippen LogP contribution in [0.1, 0.15) is 40.5 Å². The van der Waals surface area contributed by atoms with Crippen LogP contribution in [0, 0.1) is 11.8 Å². The normalized spacial score (nSPS) is 16.9. The second kappa shape index (κ2) is 9.35. The molecule has 1 rings (SSSR count). The quantitative estimate of drug-likeness (QED) is 0.685. The van der Waals surface area contributed by atoms with Gasteiger partial charge in [-0.1, -0.05) is 27.7 Å². The monoisotopic (exact) mass is 284 g/mol. The van der Waals surface area contributed by atoms with E-state index in [9.17, 15) is 4.79 Å². The Kier molecular flexibility index (Phi) is 8.15. The zero-order valence-electron chi connectivity index (χ0n) is 13.7. The van der Waals surface area contributed by atoms with Crippen LogP contribution in [0.15, 0.2) is 0 Å². The van der Waals surface area contributed by atoms with E-state index in [-0.39, 0.29) is 5.91 Å². The van der Waals surface area contributed by atoms with Crippen LogP contribution in [0.2, 0.25) is 0 Å². The molecule has 0 aromatic carbocycles. The fourth-order valence-corrected chi connectivity index (χ4v) is 2.24. The van der Waals surface area contributed by atoms with Gasteiger partial charge in [-0.15, -0.1) is 0 Å². The summed E-state index contributed by atoms with van der Waals surface area (Å²) < 4.78 is 5.33. The van der Waals surface area contributed by atoms with Gasteiger partial charge in [-0.05, 0) is 24.7 Å². The van der Waals surface area contributed by atoms with Crippen molar-refractivity contribution in [1.82, 2.24) is 9.80 Å². The molecule has 0 saturated carbocycles. The summed E-state index contributed by atoms with van der Waals surface area (Å²) in [7, 11) is 0. The average Bonchev–Trinajstić information content (AvgIpc) is 2.39. The highest BCUT2D eigenvalue weighted by Crippen LogP contribution is 2.08. The van der Waals surface area contributed by atoms with E-state index in [2.05, 4.69) is 37.5 Å². The van der Waals surface area contributed by atoms with Crippen LogP contribution in [0.5, 0.6) is 0 Å². The van der Waals surface area contributed by atoms with Crippen molar-refractivity contribution in [2.24, 2.45) is 11.8 Å². The van der Waals surface area contributed by atoms with Crippen LogP contribution in [0.4, 0.5) is 0 Å². The minimum absolute atomic E-state index is 0.285. The van der Waals surface area contributed by atoms with Gasteiger partial charge in [0.2, 0.25) is 5.91 Å². The van der Waals surface area contributed by atoms with Crippen LogP contribution in [0.3, 0.4) is 0 Å². The molecular formula is C16H32N2O2. The molecule has 0 unspecified atom stereocenters. The Bertz CT molecular complexity index is 262. The summed E-state index contributed by atoms with van der Waals surface area (Å²) in [5.41, 5.74) is 0. The Morgan fingerprint density at radius 1 is 1.05 bits per heavy atom. The molecule has 1 amide bonds. The van der Waals surface area contributed by atoms with Gasteiger partial charge in [-0.2, -0.15) is 0 Å². The first-order chi connectivity index (χ1) is 9.49. The van der Waals surface area contributed by atoms with E-state index in [0.717, 1.165) is 52.2 Å². The second-order valence-corrected chi connectivity index (χ2v) is 6.63. The number of ether oxygens (including phenoxy) is 1. The predicted octanol–water partition coefficient (Wildman–Crippen LogP) is 2.24. The average molecular weight is 284 g/mol. The molecule has 0 spiro atoms. The van der Waals surface area contributed by atoms with Gasteiger partial charge in [0.15, 0.2) is 0 Å². The maximum atomic E-state index is 12.5. The minimum Gasteiger partial charge on any atom is -0.379 e. The smallest absolute Gasteiger partial charge is 0.236 e. The van der Waals surface area contributed by atoms with Crippen LogP contribution >= 0.6 is 0 Å². The third-order valence-electron chi connectivity index (χ3n) is 3.77. The molecule has 0 atom stereocenters. The molecule has 1 heterocycles. The van der Waals surface area contributed by atoms with E-state index in [1.807, 2.05) is 0 Å². The molecule has 0 aliphatic carbocycles. The number of nitrogens with zero attached hydrogens (tertiary/aromatic N) is 2. The Labute approximate surface area is 124 Å². The Morgan fingerprint density at radius 2 is 1.55 bits per heavy atom. The van der Waals surface area contributed by atoms with Gasteiger partial charge in [0.25, 0.3) is 0 Å². The minimum atomic E-state index is 0.285. The van der Waals surface area contributed by atoms with Crippen LogP contribution in [0.25, 0.3) is 0 Å². The van der Waals surface area contributed by atoms with Gasteiger partial charge in [0.05, 0.1) is 19.8 Å². The zero-order valence-corrected chi connectivity index (χ0v) is 13.7. The van der Waals surface area contributed by atoms with Gasteiger partial charge < -0.3 is 9.64 Å². The van der Waals surface area contributed by atoms with E-state index in [1.54, 1.807) is 0 Å². The van der Waals surface area contributed by atoms with Crippen molar-refractivity contribution in [3.8, 4) is 0 Å². The number of morpholine rings is 1. The lowest BCUT2D eigenvalue weighted by molar-refractivity contribution is -0.133. The molecule has 4 heteroatoms. The van der Waals surface area contributed by atoms with E-state index in [0.29, 0.717) is 18.4 Å². The largest absolute Gasteiger partial charge is 0.379 e. The molecular weight excluding hydrogens is 252 g/mol. The summed E-state index contributed by atoms with van der Waals surface area (Å²) in [5.74, 6) is 1.58. The molecule has 118 valence electrons. The first-order valence-corrected chi connectivity index (χ1v) is 8.07. The van der Waals surface area contributed by atoms with Crippen molar-refractivity contribution >= 4 is 5.91 Å². The lowest BCUT2D eigenvalue weighted by Crippen LogP contribution is -2.45. The molecule has 1 aliphatic heterocycles. The van der Waals surface area contributed by atoms with Gasteiger partial charge in [-0.3, -0.25) is 9.69 Å². The first-order valence-electron chi connectivity index (χ1n) is 8.07. The summed E-state index contributed by atoms with van der Waals surface area (Å²) in [6, 6.07) is 0. The van der Waals surface area contributed by atoms with Crippen molar-refractivity contribution in [3.05, 3.63) is 0 Å². The number of amides is 1.